The fourth-order valence-electron chi connectivity index (χ4n) is 1.84. The molecule has 96 valence electrons. The second kappa shape index (κ2) is 5.16. The van der Waals surface area contributed by atoms with Crippen LogP contribution in [0, 0.1) is 11.6 Å². The standard InChI is InChI=1S/C13H13F2NO2/c1-18-11-4-5-16(13(17)7-11)8-9-6-10(14)2-3-12(9)15/h2-3,6-7H,4-5,8H2,1H3. The van der Waals surface area contributed by atoms with E-state index in [0.717, 1.165) is 18.2 Å². The number of hydrogen-bond donors (Lipinski definition) is 0. The summed E-state index contributed by atoms with van der Waals surface area (Å²) in [7, 11) is 1.50. The lowest BCUT2D eigenvalue weighted by Gasteiger charge is -2.26. The van der Waals surface area contributed by atoms with Crippen LogP contribution in [0.2, 0.25) is 0 Å². The zero-order valence-corrected chi connectivity index (χ0v) is 9.95. The van der Waals surface area contributed by atoms with E-state index in [9.17, 15) is 13.6 Å². The first-order chi connectivity index (χ1) is 8.60. The lowest BCUT2D eigenvalue weighted by atomic mass is 10.1. The second-order valence-corrected chi connectivity index (χ2v) is 4.06. The smallest absolute Gasteiger partial charge is 0.250 e. The molecule has 0 saturated carbocycles. The van der Waals surface area contributed by atoms with Gasteiger partial charge in [-0.3, -0.25) is 4.79 Å². The topological polar surface area (TPSA) is 29.5 Å². The fourth-order valence-corrected chi connectivity index (χ4v) is 1.84. The molecule has 1 aliphatic heterocycles. The number of carbonyl (C=O) groups is 1. The number of ether oxygens (including phenoxy) is 1. The fraction of sp³-hybridized carbons (Fsp3) is 0.308. The van der Waals surface area contributed by atoms with Crippen molar-refractivity contribution in [2.45, 2.75) is 13.0 Å². The van der Waals surface area contributed by atoms with Gasteiger partial charge in [-0.1, -0.05) is 0 Å². The molecule has 0 aromatic heterocycles. The average Bonchev–Trinajstić information content (AvgIpc) is 2.36. The van der Waals surface area contributed by atoms with Crippen LogP contribution in [0.25, 0.3) is 0 Å². The first-order valence-electron chi connectivity index (χ1n) is 5.57. The van der Waals surface area contributed by atoms with Gasteiger partial charge in [-0.2, -0.15) is 0 Å². The molecule has 0 spiro atoms. The second-order valence-electron chi connectivity index (χ2n) is 4.06. The number of halogens is 2. The van der Waals surface area contributed by atoms with Crippen molar-refractivity contribution >= 4 is 5.91 Å². The minimum atomic E-state index is -0.510. The highest BCUT2D eigenvalue weighted by Crippen LogP contribution is 2.17. The van der Waals surface area contributed by atoms with Crippen molar-refractivity contribution in [1.29, 1.82) is 0 Å². The molecule has 2 rings (SSSR count). The summed E-state index contributed by atoms with van der Waals surface area (Å²) in [5.74, 6) is -0.660. The lowest BCUT2D eigenvalue weighted by Crippen LogP contribution is -2.34. The van der Waals surface area contributed by atoms with E-state index in [2.05, 4.69) is 0 Å². The predicted molar refractivity (Wildman–Crippen MR) is 61.5 cm³/mol. The first-order valence-corrected chi connectivity index (χ1v) is 5.57. The number of hydrogen-bond acceptors (Lipinski definition) is 2. The van der Waals surface area contributed by atoms with Gasteiger partial charge < -0.3 is 9.64 Å². The molecule has 0 N–H and O–H groups in total. The molecule has 3 nitrogen and oxygen atoms in total. The first kappa shape index (κ1) is 12.5. The average molecular weight is 253 g/mol. The highest BCUT2D eigenvalue weighted by atomic mass is 19.1. The number of rotatable bonds is 3. The third-order valence-corrected chi connectivity index (χ3v) is 2.86. The molecule has 1 aromatic carbocycles. The summed E-state index contributed by atoms with van der Waals surface area (Å²) in [4.78, 5) is 13.2. The molecule has 0 saturated heterocycles. The van der Waals surface area contributed by atoms with E-state index in [-0.39, 0.29) is 18.0 Å². The summed E-state index contributed by atoms with van der Waals surface area (Å²) in [6.07, 6.45) is 1.96. The van der Waals surface area contributed by atoms with E-state index in [0.29, 0.717) is 18.7 Å². The third kappa shape index (κ3) is 2.67. The van der Waals surface area contributed by atoms with Gasteiger partial charge in [0.2, 0.25) is 5.91 Å². The minimum absolute atomic E-state index is 0.0654. The Hall–Kier alpha value is -1.91. The minimum Gasteiger partial charge on any atom is -0.501 e. The van der Waals surface area contributed by atoms with Crippen molar-refractivity contribution in [2.75, 3.05) is 13.7 Å². The Bertz CT molecular complexity index is 500. The molecular formula is C13H13F2NO2. The van der Waals surface area contributed by atoms with Gasteiger partial charge >= 0.3 is 0 Å². The van der Waals surface area contributed by atoms with Gasteiger partial charge in [-0.05, 0) is 18.2 Å². The van der Waals surface area contributed by atoms with Crippen molar-refractivity contribution in [3.8, 4) is 0 Å². The molecule has 1 aromatic rings. The Morgan fingerprint density at radius 1 is 1.39 bits per heavy atom. The van der Waals surface area contributed by atoms with E-state index in [1.807, 2.05) is 0 Å². The number of benzene rings is 1. The maximum Gasteiger partial charge on any atom is 0.250 e. The van der Waals surface area contributed by atoms with E-state index < -0.39 is 11.6 Å². The van der Waals surface area contributed by atoms with Crippen molar-refractivity contribution in [2.24, 2.45) is 0 Å². The van der Waals surface area contributed by atoms with Gasteiger partial charge in [0.1, 0.15) is 17.4 Å². The van der Waals surface area contributed by atoms with E-state index in [1.165, 1.54) is 18.1 Å². The van der Waals surface area contributed by atoms with Gasteiger partial charge in [0, 0.05) is 31.1 Å². The maximum atomic E-state index is 13.4. The molecular weight excluding hydrogens is 240 g/mol. The predicted octanol–water partition coefficient (Wildman–Crippen LogP) is 2.23. The van der Waals surface area contributed by atoms with Crippen LogP contribution in [0.3, 0.4) is 0 Å². The molecule has 18 heavy (non-hydrogen) atoms. The zero-order valence-electron chi connectivity index (χ0n) is 9.95. The van der Waals surface area contributed by atoms with Crippen LogP contribution < -0.4 is 0 Å². The van der Waals surface area contributed by atoms with Crippen LogP contribution in [-0.4, -0.2) is 24.5 Å². The quantitative estimate of drug-likeness (QED) is 0.826. The lowest BCUT2D eigenvalue weighted by molar-refractivity contribution is -0.127. The largest absolute Gasteiger partial charge is 0.501 e. The van der Waals surface area contributed by atoms with Crippen LogP contribution in [-0.2, 0) is 16.1 Å². The Morgan fingerprint density at radius 3 is 2.83 bits per heavy atom. The Labute approximate surface area is 104 Å². The molecule has 5 heteroatoms. The number of nitrogens with zero attached hydrogens (tertiary/aromatic N) is 1. The summed E-state index contributed by atoms with van der Waals surface area (Å²) < 4.78 is 31.4. The Kier molecular flexibility index (Phi) is 3.60. The molecule has 1 heterocycles. The number of amides is 1. The van der Waals surface area contributed by atoms with Crippen molar-refractivity contribution in [3.63, 3.8) is 0 Å². The van der Waals surface area contributed by atoms with Gasteiger partial charge in [0.25, 0.3) is 0 Å². The van der Waals surface area contributed by atoms with Gasteiger partial charge in [-0.25, -0.2) is 8.78 Å². The monoisotopic (exact) mass is 253 g/mol. The summed E-state index contributed by atoms with van der Waals surface area (Å²) in [6.45, 7) is 0.504. The molecule has 0 atom stereocenters. The summed E-state index contributed by atoms with van der Waals surface area (Å²) in [5, 5.41) is 0. The summed E-state index contributed by atoms with van der Waals surface area (Å²) in [6, 6.07) is 3.23. The zero-order chi connectivity index (χ0) is 13.1. The van der Waals surface area contributed by atoms with E-state index in [4.69, 9.17) is 4.74 Å². The molecule has 1 aliphatic rings. The van der Waals surface area contributed by atoms with E-state index in [1.54, 1.807) is 0 Å². The van der Waals surface area contributed by atoms with Crippen LogP contribution in [0.5, 0.6) is 0 Å². The molecule has 0 radical (unpaired) electrons. The SMILES string of the molecule is COC1=CC(=O)N(Cc2cc(F)ccc2F)CC1. The van der Waals surface area contributed by atoms with Crippen LogP contribution in [0.4, 0.5) is 8.78 Å². The number of carbonyl (C=O) groups excluding carboxylic acids is 1. The molecule has 0 aliphatic carbocycles. The van der Waals surface area contributed by atoms with Crippen molar-refractivity contribution < 1.29 is 18.3 Å². The third-order valence-electron chi connectivity index (χ3n) is 2.86. The van der Waals surface area contributed by atoms with Crippen molar-refractivity contribution in [1.82, 2.24) is 4.90 Å². The van der Waals surface area contributed by atoms with Crippen LogP contribution in [0.15, 0.2) is 30.0 Å². The Balaban J connectivity index is 2.13. The van der Waals surface area contributed by atoms with Crippen LogP contribution in [0.1, 0.15) is 12.0 Å². The van der Waals surface area contributed by atoms with Gasteiger partial charge in [0.05, 0.1) is 7.11 Å². The number of methoxy groups -OCH3 is 1. The molecule has 0 fully saturated rings. The molecule has 1 amide bonds. The van der Waals surface area contributed by atoms with Crippen molar-refractivity contribution in [3.05, 3.63) is 47.2 Å². The Morgan fingerprint density at radius 2 is 2.17 bits per heavy atom. The van der Waals surface area contributed by atoms with Crippen LogP contribution >= 0.6 is 0 Å². The highest BCUT2D eigenvalue weighted by Gasteiger charge is 2.20. The highest BCUT2D eigenvalue weighted by molar-refractivity contribution is 5.88. The molecule has 0 unspecified atom stereocenters. The normalized spacial score (nSPS) is 15.6. The van der Waals surface area contributed by atoms with Gasteiger partial charge in [0.15, 0.2) is 0 Å². The summed E-state index contributed by atoms with van der Waals surface area (Å²) >= 11 is 0. The van der Waals surface area contributed by atoms with Gasteiger partial charge in [-0.15, -0.1) is 0 Å². The van der Waals surface area contributed by atoms with E-state index >= 15 is 0 Å². The summed E-state index contributed by atoms with van der Waals surface area (Å²) in [5.41, 5.74) is 0.178. The molecule has 0 bridgehead atoms. The maximum absolute atomic E-state index is 13.4.